The van der Waals surface area contributed by atoms with Crippen LogP contribution in [0.1, 0.15) is 28.0 Å². The Morgan fingerprint density at radius 2 is 2.07 bits per heavy atom. The third-order valence-corrected chi connectivity index (χ3v) is 5.00. The zero-order chi connectivity index (χ0) is 19.0. The number of benzene rings is 2. The van der Waals surface area contributed by atoms with E-state index in [1.165, 1.54) is 12.1 Å². The highest BCUT2D eigenvalue weighted by atomic mass is 19.1. The minimum absolute atomic E-state index is 0.0436. The summed E-state index contributed by atoms with van der Waals surface area (Å²) >= 11 is 0. The number of likely N-dealkylation sites (tertiary alicyclic amines) is 1. The topological polar surface area (TPSA) is 65.2 Å². The van der Waals surface area contributed by atoms with Crippen molar-refractivity contribution in [1.82, 2.24) is 15.2 Å². The van der Waals surface area contributed by atoms with Gasteiger partial charge in [-0.2, -0.15) is 0 Å². The molecule has 4 rings (SSSR count). The lowest BCUT2D eigenvalue weighted by atomic mass is 10.1. The fourth-order valence-corrected chi connectivity index (χ4v) is 3.64. The zero-order valence-electron chi connectivity index (χ0n) is 15.0. The van der Waals surface area contributed by atoms with Crippen molar-refractivity contribution in [3.63, 3.8) is 0 Å². The number of rotatable bonds is 4. The van der Waals surface area contributed by atoms with Gasteiger partial charge >= 0.3 is 0 Å². The van der Waals surface area contributed by atoms with Crippen LogP contribution in [-0.4, -0.2) is 34.3 Å². The van der Waals surface area contributed by atoms with Gasteiger partial charge in [-0.1, -0.05) is 30.3 Å². The van der Waals surface area contributed by atoms with Crippen LogP contribution < -0.4 is 5.32 Å². The van der Waals surface area contributed by atoms with Crippen molar-refractivity contribution in [1.29, 1.82) is 0 Å². The number of amides is 2. The normalized spacial score (nSPS) is 16.9. The number of para-hydroxylation sites is 1. The summed E-state index contributed by atoms with van der Waals surface area (Å²) in [6, 6.07) is 13.7. The molecule has 0 bridgehead atoms. The summed E-state index contributed by atoms with van der Waals surface area (Å²) in [6.07, 6.45) is 0.250. The van der Waals surface area contributed by atoms with Gasteiger partial charge in [0.25, 0.3) is 5.91 Å². The molecule has 138 valence electrons. The van der Waals surface area contributed by atoms with E-state index in [1.807, 2.05) is 31.2 Å². The average molecular weight is 365 g/mol. The lowest BCUT2D eigenvalue weighted by Crippen LogP contribution is -2.37. The molecule has 1 aliphatic rings. The predicted octanol–water partition coefficient (Wildman–Crippen LogP) is 3.15. The number of halogens is 1. The smallest absolute Gasteiger partial charge is 0.268 e. The number of carbonyl (C=O) groups is 2. The molecule has 6 heteroatoms. The number of hydrogen-bond acceptors (Lipinski definition) is 2. The van der Waals surface area contributed by atoms with Gasteiger partial charge in [-0.3, -0.25) is 9.59 Å². The van der Waals surface area contributed by atoms with E-state index in [-0.39, 0.29) is 30.1 Å². The second-order valence-electron chi connectivity index (χ2n) is 6.95. The third kappa shape index (κ3) is 3.43. The molecule has 1 fully saturated rings. The molecule has 0 saturated carbocycles. The summed E-state index contributed by atoms with van der Waals surface area (Å²) in [5.41, 5.74) is 3.06. The van der Waals surface area contributed by atoms with Gasteiger partial charge < -0.3 is 15.2 Å². The number of nitrogens with zero attached hydrogens (tertiary/aromatic N) is 1. The summed E-state index contributed by atoms with van der Waals surface area (Å²) in [7, 11) is 0. The second-order valence-corrected chi connectivity index (χ2v) is 6.95. The quantitative estimate of drug-likeness (QED) is 0.746. The average Bonchev–Trinajstić information content (AvgIpc) is 3.15. The van der Waals surface area contributed by atoms with Gasteiger partial charge in [0.2, 0.25) is 5.91 Å². The van der Waals surface area contributed by atoms with Crippen molar-refractivity contribution < 1.29 is 14.0 Å². The molecule has 1 unspecified atom stereocenters. The van der Waals surface area contributed by atoms with Crippen LogP contribution in [0.3, 0.4) is 0 Å². The van der Waals surface area contributed by atoms with Crippen LogP contribution in [0.25, 0.3) is 10.9 Å². The fraction of sp³-hybridized carbons (Fsp3) is 0.238. The van der Waals surface area contributed by atoms with Gasteiger partial charge in [-0.05, 0) is 36.2 Å². The second kappa shape index (κ2) is 6.87. The van der Waals surface area contributed by atoms with Crippen molar-refractivity contribution in [2.24, 2.45) is 0 Å². The number of nitrogens with one attached hydrogen (secondary N) is 2. The molecular formula is C21H20FN3O2. The van der Waals surface area contributed by atoms with E-state index in [0.717, 1.165) is 22.0 Å². The van der Waals surface area contributed by atoms with Crippen LogP contribution in [0.2, 0.25) is 0 Å². The highest BCUT2D eigenvalue weighted by molar-refractivity contribution is 6.01. The fourth-order valence-electron chi connectivity index (χ4n) is 3.64. The Labute approximate surface area is 156 Å². The molecule has 5 nitrogen and oxygen atoms in total. The van der Waals surface area contributed by atoms with Crippen molar-refractivity contribution in [2.75, 3.05) is 6.54 Å². The van der Waals surface area contributed by atoms with Gasteiger partial charge in [-0.25, -0.2) is 4.39 Å². The highest BCUT2D eigenvalue weighted by Gasteiger charge is 2.31. The number of aromatic amines is 1. The molecule has 1 aliphatic heterocycles. The van der Waals surface area contributed by atoms with Crippen LogP contribution in [0.15, 0.2) is 48.5 Å². The van der Waals surface area contributed by atoms with E-state index < -0.39 is 0 Å². The zero-order valence-corrected chi connectivity index (χ0v) is 15.0. The van der Waals surface area contributed by atoms with E-state index in [9.17, 15) is 14.0 Å². The summed E-state index contributed by atoms with van der Waals surface area (Å²) < 4.78 is 13.3. The van der Waals surface area contributed by atoms with Crippen LogP contribution in [0.4, 0.5) is 4.39 Å². The number of aryl methyl sites for hydroxylation is 1. The Balaban J connectivity index is 1.44. The van der Waals surface area contributed by atoms with Crippen LogP contribution in [0, 0.1) is 12.7 Å². The Bertz CT molecular complexity index is 1030. The first-order valence-corrected chi connectivity index (χ1v) is 8.91. The SMILES string of the molecule is Cc1c(C(=O)NC2CC(=O)N(Cc3cccc(F)c3)C2)[nH]c2ccccc12. The molecule has 3 aromatic rings. The van der Waals surface area contributed by atoms with E-state index in [0.29, 0.717) is 18.8 Å². The molecular weight excluding hydrogens is 345 g/mol. The maximum atomic E-state index is 13.3. The molecule has 2 aromatic carbocycles. The number of carbonyl (C=O) groups excluding carboxylic acids is 2. The first-order chi connectivity index (χ1) is 13.0. The molecule has 1 aromatic heterocycles. The van der Waals surface area contributed by atoms with E-state index in [1.54, 1.807) is 17.0 Å². The van der Waals surface area contributed by atoms with Crippen molar-refractivity contribution in [2.45, 2.75) is 25.9 Å². The van der Waals surface area contributed by atoms with Crippen molar-refractivity contribution in [3.8, 4) is 0 Å². The predicted molar refractivity (Wildman–Crippen MR) is 101 cm³/mol. The lowest BCUT2D eigenvalue weighted by Gasteiger charge is -2.17. The van der Waals surface area contributed by atoms with Crippen molar-refractivity contribution >= 4 is 22.7 Å². The number of H-pyrrole nitrogens is 1. The van der Waals surface area contributed by atoms with E-state index in [2.05, 4.69) is 10.3 Å². The Hall–Kier alpha value is -3.15. The van der Waals surface area contributed by atoms with Gasteiger partial charge in [0.05, 0.1) is 6.04 Å². The van der Waals surface area contributed by atoms with Crippen molar-refractivity contribution in [3.05, 3.63) is 71.2 Å². The van der Waals surface area contributed by atoms with Gasteiger partial charge in [0, 0.05) is 30.4 Å². The number of aromatic nitrogens is 1. The van der Waals surface area contributed by atoms with Gasteiger partial charge in [0.1, 0.15) is 11.5 Å². The standard InChI is InChI=1S/C21H20FN3O2/c1-13-17-7-2-3-8-18(17)24-20(13)21(27)23-16-10-19(26)25(12-16)11-14-5-4-6-15(22)9-14/h2-9,16,24H,10-12H2,1H3,(H,23,27). The molecule has 2 heterocycles. The largest absolute Gasteiger partial charge is 0.350 e. The molecule has 0 radical (unpaired) electrons. The maximum absolute atomic E-state index is 13.3. The Kier molecular flexibility index (Phi) is 4.39. The van der Waals surface area contributed by atoms with Crippen LogP contribution in [0.5, 0.6) is 0 Å². The van der Waals surface area contributed by atoms with Gasteiger partial charge in [0.15, 0.2) is 0 Å². The molecule has 27 heavy (non-hydrogen) atoms. The third-order valence-electron chi connectivity index (χ3n) is 5.00. The van der Waals surface area contributed by atoms with Crippen LogP contribution >= 0.6 is 0 Å². The van der Waals surface area contributed by atoms with E-state index >= 15 is 0 Å². The monoisotopic (exact) mass is 365 g/mol. The molecule has 1 atom stereocenters. The number of fused-ring (bicyclic) bond motifs is 1. The Morgan fingerprint density at radius 1 is 1.26 bits per heavy atom. The van der Waals surface area contributed by atoms with Gasteiger partial charge in [-0.15, -0.1) is 0 Å². The minimum atomic E-state index is -0.321. The molecule has 2 amide bonds. The summed E-state index contributed by atoms with van der Waals surface area (Å²) in [5, 5.41) is 3.96. The Morgan fingerprint density at radius 3 is 2.85 bits per heavy atom. The van der Waals surface area contributed by atoms with E-state index in [4.69, 9.17) is 0 Å². The minimum Gasteiger partial charge on any atom is -0.350 e. The first kappa shape index (κ1) is 17.3. The molecule has 2 N–H and O–H groups in total. The van der Waals surface area contributed by atoms with Crippen LogP contribution in [-0.2, 0) is 11.3 Å². The molecule has 0 spiro atoms. The number of hydrogen-bond donors (Lipinski definition) is 2. The maximum Gasteiger partial charge on any atom is 0.268 e. The highest BCUT2D eigenvalue weighted by Crippen LogP contribution is 2.22. The summed E-state index contributed by atoms with van der Waals surface area (Å²) in [5.74, 6) is -0.578. The summed E-state index contributed by atoms with van der Waals surface area (Å²) in [6.45, 7) is 2.67. The lowest BCUT2D eigenvalue weighted by molar-refractivity contribution is -0.128. The molecule has 0 aliphatic carbocycles. The molecule has 1 saturated heterocycles. The first-order valence-electron chi connectivity index (χ1n) is 8.91. The summed E-state index contributed by atoms with van der Waals surface area (Å²) in [4.78, 5) is 29.8.